The highest BCUT2D eigenvalue weighted by atomic mass is 16.5. The van der Waals surface area contributed by atoms with Crippen LogP contribution in [-0.4, -0.2) is 43.4 Å². The SMILES string of the molecule is NC1C2CCCOC2C1NC(=O)C1CCCCO1. The van der Waals surface area contributed by atoms with Crippen molar-refractivity contribution in [1.29, 1.82) is 0 Å². The lowest BCUT2D eigenvalue weighted by Crippen LogP contribution is -2.72. The Balaban J connectivity index is 1.54. The molecule has 3 aliphatic rings. The largest absolute Gasteiger partial charge is 0.376 e. The number of carbonyl (C=O) groups excluding carboxylic acids is 1. The fraction of sp³-hybridized carbons (Fsp3) is 0.923. The van der Waals surface area contributed by atoms with Crippen LogP contribution in [0.25, 0.3) is 0 Å². The fourth-order valence-corrected chi connectivity index (χ4v) is 3.33. The summed E-state index contributed by atoms with van der Waals surface area (Å²) < 4.78 is 11.2. The van der Waals surface area contributed by atoms with Crippen LogP contribution in [0.4, 0.5) is 0 Å². The summed E-state index contributed by atoms with van der Waals surface area (Å²) in [7, 11) is 0. The standard InChI is InChI=1S/C13H22N2O3/c14-10-8-4-3-7-18-12(8)11(10)15-13(16)9-5-1-2-6-17-9/h8-12H,1-7,14H2,(H,15,16). The van der Waals surface area contributed by atoms with Crippen molar-refractivity contribution < 1.29 is 14.3 Å². The highest BCUT2D eigenvalue weighted by Gasteiger charge is 2.51. The lowest BCUT2D eigenvalue weighted by atomic mass is 9.68. The van der Waals surface area contributed by atoms with Gasteiger partial charge in [-0.1, -0.05) is 0 Å². The first kappa shape index (κ1) is 12.4. The quantitative estimate of drug-likeness (QED) is 0.737. The molecule has 18 heavy (non-hydrogen) atoms. The summed E-state index contributed by atoms with van der Waals surface area (Å²) in [6.45, 7) is 1.48. The lowest BCUT2D eigenvalue weighted by Gasteiger charge is -2.52. The van der Waals surface area contributed by atoms with Crippen molar-refractivity contribution in [1.82, 2.24) is 5.32 Å². The lowest BCUT2D eigenvalue weighted by molar-refractivity contribution is -0.149. The summed E-state index contributed by atoms with van der Waals surface area (Å²) in [6.07, 6.45) is 5.00. The number of ether oxygens (including phenoxy) is 2. The van der Waals surface area contributed by atoms with Gasteiger partial charge in [0.05, 0.1) is 12.1 Å². The van der Waals surface area contributed by atoms with Crippen LogP contribution in [0, 0.1) is 5.92 Å². The maximum atomic E-state index is 12.1. The Hall–Kier alpha value is -0.650. The first-order chi connectivity index (χ1) is 8.77. The summed E-state index contributed by atoms with van der Waals surface area (Å²) >= 11 is 0. The summed E-state index contributed by atoms with van der Waals surface area (Å²) in [5.41, 5.74) is 6.12. The number of carbonyl (C=O) groups is 1. The molecule has 2 heterocycles. The van der Waals surface area contributed by atoms with Gasteiger partial charge >= 0.3 is 0 Å². The van der Waals surface area contributed by atoms with Crippen LogP contribution < -0.4 is 11.1 Å². The first-order valence-electron chi connectivity index (χ1n) is 7.06. The number of fused-ring (bicyclic) bond motifs is 1. The number of hydrogen-bond donors (Lipinski definition) is 2. The van der Waals surface area contributed by atoms with Gasteiger partial charge in [-0.05, 0) is 32.1 Å². The molecule has 3 N–H and O–H groups in total. The van der Waals surface area contributed by atoms with E-state index in [-0.39, 0.29) is 30.2 Å². The minimum Gasteiger partial charge on any atom is -0.376 e. The number of nitrogens with two attached hydrogens (primary N) is 1. The van der Waals surface area contributed by atoms with Crippen molar-refractivity contribution in [2.75, 3.05) is 13.2 Å². The summed E-state index contributed by atoms with van der Waals surface area (Å²) in [5.74, 6) is 0.416. The van der Waals surface area contributed by atoms with E-state index in [4.69, 9.17) is 15.2 Å². The van der Waals surface area contributed by atoms with E-state index in [1.54, 1.807) is 0 Å². The van der Waals surface area contributed by atoms with Gasteiger partial charge in [-0.2, -0.15) is 0 Å². The summed E-state index contributed by atoms with van der Waals surface area (Å²) in [5, 5.41) is 3.02. The number of rotatable bonds is 2. The maximum absolute atomic E-state index is 12.1. The number of amides is 1. The van der Waals surface area contributed by atoms with Crippen LogP contribution in [0.2, 0.25) is 0 Å². The molecule has 0 aromatic rings. The van der Waals surface area contributed by atoms with Crippen LogP contribution >= 0.6 is 0 Å². The zero-order valence-corrected chi connectivity index (χ0v) is 10.6. The van der Waals surface area contributed by atoms with Crippen molar-refractivity contribution in [3.05, 3.63) is 0 Å². The van der Waals surface area contributed by atoms with E-state index in [0.29, 0.717) is 12.5 Å². The predicted molar refractivity (Wildman–Crippen MR) is 66.0 cm³/mol. The Kier molecular flexibility index (Phi) is 3.54. The van der Waals surface area contributed by atoms with Crippen molar-refractivity contribution >= 4 is 5.91 Å². The molecule has 2 saturated heterocycles. The zero-order chi connectivity index (χ0) is 12.5. The number of nitrogens with one attached hydrogen (secondary N) is 1. The maximum Gasteiger partial charge on any atom is 0.249 e. The molecule has 1 amide bonds. The molecule has 1 aliphatic carbocycles. The normalized spacial score (nSPS) is 43.7. The molecular formula is C13H22N2O3. The topological polar surface area (TPSA) is 73.6 Å². The Morgan fingerprint density at radius 2 is 1.94 bits per heavy atom. The van der Waals surface area contributed by atoms with Gasteiger partial charge in [0.2, 0.25) is 5.91 Å². The monoisotopic (exact) mass is 254 g/mol. The highest BCUT2D eigenvalue weighted by molar-refractivity contribution is 5.81. The van der Waals surface area contributed by atoms with Crippen LogP contribution in [0.3, 0.4) is 0 Å². The molecule has 5 atom stereocenters. The smallest absolute Gasteiger partial charge is 0.249 e. The van der Waals surface area contributed by atoms with Crippen LogP contribution in [0.1, 0.15) is 32.1 Å². The van der Waals surface area contributed by atoms with E-state index < -0.39 is 0 Å². The molecule has 3 rings (SSSR count). The van der Waals surface area contributed by atoms with E-state index >= 15 is 0 Å². The summed E-state index contributed by atoms with van der Waals surface area (Å²) in [6, 6.07) is 0.0242. The predicted octanol–water partition coefficient (Wildman–Crippen LogP) is 0.176. The first-order valence-corrected chi connectivity index (χ1v) is 7.06. The van der Waals surface area contributed by atoms with Gasteiger partial charge in [-0.25, -0.2) is 0 Å². The van der Waals surface area contributed by atoms with Gasteiger partial charge in [0, 0.05) is 25.2 Å². The van der Waals surface area contributed by atoms with E-state index in [9.17, 15) is 4.79 Å². The van der Waals surface area contributed by atoms with E-state index in [1.807, 2.05) is 0 Å². The fourth-order valence-electron chi connectivity index (χ4n) is 3.33. The molecule has 5 unspecified atom stereocenters. The molecule has 0 aromatic carbocycles. The molecule has 3 fully saturated rings. The van der Waals surface area contributed by atoms with Gasteiger partial charge in [-0.15, -0.1) is 0 Å². The van der Waals surface area contributed by atoms with Gasteiger partial charge in [0.1, 0.15) is 6.10 Å². The van der Waals surface area contributed by atoms with Crippen molar-refractivity contribution in [3.8, 4) is 0 Å². The molecule has 5 heteroatoms. The second-order valence-electron chi connectivity index (χ2n) is 5.61. The van der Waals surface area contributed by atoms with Gasteiger partial charge < -0.3 is 20.5 Å². The minimum absolute atomic E-state index is 0.0113. The van der Waals surface area contributed by atoms with Crippen molar-refractivity contribution in [3.63, 3.8) is 0 Å². The molecule has 0 bridgehead atoms. The van der Waals surface area contributed by atoms with Crippen molar-refractivity contribution in [2.24, 2.45) is 11.7 Å². The van der Waals surface area contributed by atoms with E-state index in [2.05, 4.69) is 5.32 Å². The second-order valence-corrected chi connectivity index (χ2v) is 5.61. The van der Waals surface area contributed by atoms with Crippen LogP contribution in [0.5, 0.6) is 0 Å². The molecule has 0 radical (unpaired) electrons. The third kappa shape index (κ3) is 2.15. The van der Waals surface area contributed by atoms with Crippen LogP contribution in [-0.2, 0) is 14.3 Å². The zero-order valence-electron chi connectivity index (χ0n) is 10.6. The van der Waals surface area contributed by atoms with Gasteiger partial charge in [-0.3, -0.25) is 4.79 Å². The van der Waals surface area contributed by atoms with E-state index in [0.717, 1.165) is 38.7 Å². The molecule has 1 saturated carbocycles. The molecule has 2 aliphatic heterocycles. The summed E-state index contributed by atoms with van der Waals surface area (Å²) in [4.78, 5) is 12.1. The average molecular weight is 254 g/mol. The van der Waals surface area contributed by atoms with Crippen LogP contribution in [0.15, 0.2) is 0 Å². The average Bonchev–Trinajstić information content (AvgIpc) is 2.45. The second kappa shape index (κ2) is 5.15. The molecule has 5 nitrogen and oxygen atoms in total. The molecular weight excluding hydrogens is 232 g/mol. The highest BCUT2D eigenvalue weighted by Crippen LogP contribution is 2.37. The minimum atomic E-state index is -0.284. The molecule has 0 spiro atoms. The molecule has 102 valence electrons. The van der Waals surface area contributed by atoms with Crippen molar-refractivity contribution in [2.45, 2.75) is 56.4 Å². The third-order valence-electron chi connectivity index (χ3n) is 4.46. The Bertz CT molecular complexity index is 317. The Morgan fingerprint density at radius 1 is 1.11 bits per heavy atom. The Morgan fingerprint density at radius 3 is 2.72 bits per heavy atom. The van der Waals surface area contributed by atoms with Gasteiger partial charge in [0.15, 0.2) is 0 Å². The molecule has 0 aromatic heterocycles. The van der Waals surface area contributed by atoms with Gasteiger partial charge in [0.25, 0.3) is 0 Å². The third-order valence-corrected chi connectivity index (χ3v) is 4.46. The Labute approximate surface area is 107 Å². The van der Waals surface area contributed by atoms with E-state index in [1.165, 1.54) is 0 Å². The number of hydrogen-bond acceptors (Lipinski definition) is 4.